The van der Waals surface area contributed by atoms with Crippen molar-refractivity contribution in [2.75, 3.05) is 7.05 Å². The van der Waals surface area contributed by atoms with Crippen LogP contribution >= 0.6 is 24.4 Å². The third-order valence-electron chi connectivity index (χ3n) is 4.71. The standard InChI is InChI=1S/C24H22N4O2S2/c1-28(24(32)17-11-6-3-7-12-17)27-22(30)19-14-8-13-18(20(19)21(25)29)15-26-23(31)16-9-4-2-5-10-16/h2-14H,15H2,1H3,(H2,25,29)(H,26,31)(H,27,30). The molecule has 0 saturated heterocycles. The Balaban J connectivity index is 1.77. The number of nitrogens with one attached hydrogen (secondary N) is 2. The van der Waals surface area contributed by atoms with Crippen molar-refractivity contribution in [2.24, 2.45) is 5.73 Å². The van der Waals surface area contributed by atoms with Crippen LogP contribution in [0.3, 0.4) is 0 Å². The number of primary amides is 1. The first-order valence-corrected chi connectivity index (χ1v) is 10.6. The quantitative estimate of drug-likeness (QED) is 0.385. The molecule has 0 fully saturated rings. The monoisotopic (exact) mass is 462 g/mol. The van der Waals surface area contributed by atoms with Gasteiger partial charge in [-0.25, -0.2) is 0 Å². The van der Waals surface area contributed by atoms with Gasteiger partial charge in [0.15, 0.2) is 0 Å². The highest BCUT2D eigenvalue weighted by atomic mass is 32.1. The predicted octanol–water partition coefficient (Wildman–Crippen LogP) is 3.20. The minimum Gasteiger partial charge on any atom is -0.372 e. The fraction of sp³-hybridized carbons (Fsp3) is 0.0833. The first kappa shape index (κ1) is 23.1. The highest BCUT2D eigenvalue weighted by Gasteiger charge is 2.21. The lowest BCUT2D eigenvalue weighted by molar-refractivity contribution is 0.0879. The lowest BCUT2D eigenvalue weighted by Crippen LogP contribution is -2.43. The Kier molecular flexibility index (Phi) is 7.64. The molecule has 0 spiro atoms. The maximum atomic E-state index is 13.0. The van der Waals surface area contributed by atoms with Crippen molar-refractivity contribution in [3.05, 3.63) is 107 Å². The van der Waals surface area contributed by atoms with Crippen molar-refractivity contribution in [3.8, 4) is 0 Å². The topological polar surface area (TPSA) is 87.5 Å². The van der Waals surface area contributed by atoms with E-state index in [1.54, 1.807) is 25.2 Å². The lowest BCUT2D eigenvalue weighted by atomic mass is 9.99. The summed E-state index contributed by atoms with van der Waals surface area (Å²) in [6, 6.07) is 23.7. The Morgan fingerprint density at radius 1 is 0.875 bits per heavy atom. The number of hydrazine groups is 1. The molecule has 6 nitrogen and oxygen atoms in total. The predicted molar refractivity (Wildman–Crippen MR) is 133 cm³/mol. The molecule has 3 aromatic carbocycles. The van der Waals surface area contributed by atoms with Crippen LogP contribution in [0, 0.1) is 0 Å². The summed E-state index contributed by atoms with van der Waals surface area (Å²) in [6.07, 6.45) is 0. The molecule has 0 saturated carbocycles. The first-order valence-electron chi connectivity index (χ1n) is 9.77. The van der Waals surface area contributed by atoms with Crippen molar-refractivity contribution in [2.45, 2.75) is 6.54 Å². The van der Waals surface area contributed by atoms with Crippen molar-refractivity contribution in [3.63, 3.8) is 0 Å². The van der Waals surface area contributed by atoms with Gasteiger partial charge in [-0.05, 0) is 11.6 Å². The van der Waals surface area contributed by atoms with E-state index in [9.17, 15) is 9.59 Å². The summed E-state index contributed by atoms with van der Waals surface area (Å²) < 4.78 is 0. The molecule has 0 bridgehead atoms. The minimum atomic E-state index is -0.702. The molecule has 0 unspecified atom stereocenters. The van der Waals surface area contributed by atoms with Crippen LogP contribution in [-0.2, 0) is 6.54 Å². The van der Waals surface area contributed by atoms with Crippen molar-refractivity contribution < 1.29 is 9.59 Å². The molecule has 0 atom stereocenters. The van der Waals surface area contributed by atoms with E-state index in [-0.39, 0.29) is 17.7 Å². The molecule has 3 aromatic rings. The van der Waals surface area contributed by atoms with Gasteiger partial charge in [0, 0.05) is 24.7 Å². The molecule has 0 aliphatic carbocycles. The van der Waals surface area contributed by atoms with E-state index in [2.05, 4.69) is 10.7 Å². The zero-order valence-electron chi connectivity index (χ0n) is 17.4. The number of amides is 2. The summed E-state index contributed by atoms with van der Waals surface area (Å²) >= 11 is 10.9. The molecule has 162 valence electrons. The summed E-state index contributed by atoms with van der Waals surface area (Å²) in [4.78, 5) is 26.2. The Bertz CT molecular complexity index is 1150. The van der Waals surface area contributed by atoms with Gasteiger partial charge >= 0.3 is 0 Å². The van der Waals surface area contributed by atoms with E-state index >= 15 is 0 Å². The Hall–Kier alpha value is -3.62. The Morgan fingerprint density at radius 3 is 2.06 bits per heavy atom. The molecule has 3 rings (SSSR count). The van der Waals surface area contributed by atoms with Crippen LogP contribution in [0.1, 0.15) is 37.4 Å². The molecule has 0 aromatic heterocycles. The van der Waals surface area contributed by atoms with E-state index in [4.69, 9.17) is 30.2 Å². The Morgan fingerprint density at radius 2 is 1.47 bits per heavy atom. The van der Waals surface area contributed by atoms with Crippen LogP contribution in [0.25, 0.3) is 0 Å². The second kappa shape index (κ2) is 10.6. The van der Waals surface area contributed by atoms with Gasteiger partial charge in [-0.3, -0.25) is 20.0 Å². The van der Waals surface area contributed by atoms with Gasteiger partial charge in [0.1, 0.15) is 9.98 Å². The number of hydrogen-bond donors (Lipinski definition) is 3. The smallest absolute Gasteiger partial charge is 0.270 e. The summed E-state index contributed by atoms with van der Waals surface area (Å²) in [6.45, 7) is 0.241. The van der Waals surface area contributed by atoms with Crippen LogP contribution in [0.15, 0.2) is 78.9 Å². The number of thiocarbonyl (C=S) groups is 2. The normalized spacial score (nSPS) is 10.2. The largest absolute Gasteiger partial charge is 0.372 e. The van der Waals surface area contributed by atoms with Crippen LogP contribution in [0.2, 0.25) is 0 Å². The van der Waals surface area contributed by atoms with Gasteiger partial charge in [0.2, 0.25) is 5.91 Å². The third-order valence-corrected chi connectivity index (χ3v) is 5.60. The van der Waals surface area contributed by atoms with Crippen molar-refractivity contribution in [1.82, 2.24) is 15.8 Å². The van der Waals surface area contributed by atoms with Gasteiger partial charge in [-0.1, -0.05) is 97.2 Å². The summed E-state index contributed by atoms with van der Waals surface area (Å²) in [7, 11) is 1.64. The highest BCUT2D eigenvalue weighted by Crippen LogP contribution is 2.16. The molecule has 0 heterocycles. The lowest BCUT2D eigenvalue weighted by Gasteiger charge is -2.22. The van der Waals surface area contributed by atoms with Gasteiger partial charge in [0.25, 0.3) is 5.91 Å². The SMILES string of the molecule is CN(NC(=O)c1cccc(CNC(=S)c2ccccc2)c1C(N)=O)C(=S)c1ccccc1. The number of rotatable bonds is 6. The zero-order chi connectivity index (χ0) is 23.1. The third kappa shape index (κ3) is 5.54. The number of nitrogens with two attached hydrogens (primary N) is 1. The first-order chi connectivity index (χ1) is 15.4. The number of hydrogen-bond acceptors (Lipinski definition) is 4. The minimum absolute atomic E-state index is 0.132. The van der Waals surface area contributed by atoms with Gasteiger partial charge in [-0.15, -0.1) is 0 Å². The van der Waals surface area contributed by atoms with Gasteiger partial charge in [-0.2, -0.15) is 0 Å². The van der Waals surface area contributed by atoms with E-state index in [1.807, 2.05) is 60.7 Å². The molecule has 4 N–H and O–H groups in total. The number of carbonyl (C=O) groups is 2. The molecule has 8 heteroatoms. The number of nitrogens with zero attached hydrogens (tertiary/aromatic N) is 1. The van der Waals surface area contributed by atoms with E-state index in [0.29, 0.717) is 15.5 Å². The van der Waals surface area contributed by atoms with Gasteiger partial charge < -0.3 is 11.1 Å². The molecule has 32 heavy (non-hydrogen) atoms. The fourth-order valence-corrected chi connectivity index (χ4v) is 3.52. The van der Waals surface area contributed by atoms with Crippen molar-refractivity contribution >= 4 is 46.2 Å². The van der Waals surface area contributed by atoms with Crippen LogP contribution in [-0.4, -0.2) is 33.8 Å². The van der Waals surface area contributed by atoms with E-state index in [1.165, 1.54) is 5.01 Å². The van der Waals surface area contributed by atoms with Crippen LogP contribution < -0.4 is 16.5 Å². The van der Waals surface area contributed by atoms with Crippen molar-refractivity contribution in [1.29, 1.82) is 0 Å². The zero-order valence-corrected chi connectivity index (χ0v) is 19.0. The highest BCUT2D eigenvalue weighted by molar-refractivity contribution is 7.81. The molecular formula is C24H22N4O2S2. The van der Waals surface area contributed by atoms with E-state index < -0.39 is 11.8 Å². The van der Waals surface area contributed by atoms with E-state index in [0.717, 1.165) is 11.1 Å². The fourth-order valence-electron chi connectivity index (χ4n) is 3.13. The maximum Gasteiger partial charge on any atom is 0.270 e. The summed E-state index contributed by atoms with van der Waals surface area (Å²) in [5, 5.41) is 4.56. The summed E-state index contributed by atoms with van der Waals surface area (Å²) in [5.41, 5.74) is 10.8. The second-order valence-corrected chi connectivity index (χ2v) is 7.72. The average Bonchev–Trinajstić information content (AvgIpc) is 2.82. The molecule has 0 aliphatic heterocycles. The van der Waals surface area contributed by atoms with Gasteiger partial charge in [0.05, 0.1) is 11.1 Å². The number of benzene rings is 3. The molecule has 0 aliphatic rings. The average molecular weight is 463 g/mol. The summed E-state index contributed by atoms with van der Waals surface area (Å²) in [5.74, 6) is -1.20. The molecule has 2 amide bonds. The van der Waals surface area contributed by atoms with Crippen LogP contribution in [0.4, 0.5) is 0 Å². The molecular weight excluding hydrogens is 440 g/mol. The maximum absolute atomic E-state index is 13.0. The Labute approximate surface area is 197 Å². The number of carbonyl (C=O) groups excluding carboxylic acids is 2. The second-order valence-electron chi connectivity index (χ2n) is 6.92. The van der Waals surface area contributed by atoms with Crippen LogP contribution in [0.5, 0.6) is 0 Å². The molecule has 0 radical (unpaired) electrons.